The van der Waals surface area contributed by atoms with Crippen molar-refractivity contribution in [3.63, 3.8) is 0 Å². The Morgan fingerprint density at radius 2 is 2.12 bits per heavy atom. The Balaban J connectivity index is 2.81. The number of anilines is 1. The van der Waals surface area contributed by atoms with E-state index in [1.54, 1.807) is 0 Å². The Hall–Kier alpha value is -1.14. The lowest BCUT2D eigenvalue weighted by Crippen LogP contribution is -2.18. The van der Waals surface area contributed by atoms with E-state index in [4.69, 9.17) is 18.0 Å². The van der Waals surface area contributed by atoms with Crippen LogP contribution in [0, 0.1) is 6.92 Å². The topological polar surface area (TPSA) is 72.2 Å². The first-order chi connectivity index (χ1) is 7.79. The van der Waals surface area contributed by atoms with Gasteiger partial charge in [0.2, 0.25) is 0 Å². The lowest BCUT2D eigenvalue weighted by molar-refractivity contribution is 0.602. The van der Waals surface area contributed by atoms with Crippen molar-refractivity contribution in [3.8, 4) is 0 Å². The van der Waals surface area contributed by atoms with E-state index in [2.05, 4.69) is 5.32 Å². The van der Waals surface area contributed by atoms with Crippen LogP contribution in [0.15, 0.2) is 18.2 Å². The normalized spacial score (nSPS) is 11.2. The highest BCUT2D eigenvalue weighted by Gasteiger charge is 2.06. The SMILES string of the molecule is Cc1ccc(NCCS(C)(=O)=O)c(C(N)=S)c1. The second kappa shape index (κ2) is 5.46. The van der Waals surface area contributed by atoms with Crippen molar-refractivity contribution in [3.05, 3.63) is 29.3 Å². The van der Waals surface area contributed by atoms with Gasteiger partial charge in [-0.3, -0.25) is 0 Å². The van der Waals surface area contributed by atoms with Gasteiger partial charge < -0.3 is 11.1 Å². The Morgan fingerprint density at radius 3 is 2.65 bits per heavy atom. The molecule has 94 valence electrons. The van der Waals surface area contributed by atoms with Gasteiger partial charge in [0.15, 0.2) is 0 Å². The van der Waals surface area contributed by atoms with E-state index in [-0.39, 0.29) is 5.75 Å². The van der Waals surface area contributed by atoms with E-state index >= 15 is 0 Å². The van der Waals surface area contributed by atoms with E-state index in [9.17, 15) is 8.42 Å². The van der Waals surface area contributed by atoms with Gasteiger partial charge in [-0.15, -0.1) is 0 Å². The molecule has 0 aliphatic rings. The van der Waals surface area contributed by atoms with Crippen molar-refractivity contribution in [1.29, 1.82) is 0 Å². The van der Waals surface area contributed by atoms with E-state index in [1.807, 2.05) is 25.1 Å². The maximum atomic E-state index is 11.0. The van der Waals surface area contributed by atoms with E-state index in [0.29, 0.717) is 11.5 Å². The highest BCUT2D eigenvalue weighted by Crippen LogP contribution is 2.17. The van der Waals surface area contributed by atoms with Gasteiger partial charge in [0.05, 0.1) is 5.75 Å². The summed E-state index contributed by atoms with van der Waals surface area (Å²) in [6, 6.07) is 5.65. The summed E-state index contributed by atoms with van der Waals surface area (Å²) in [5.41, 5.74) is 8.19. The number of hydrogen-bond acceptors (Lipinski definition) is 4. The van der Waals surface area contributed by atoms with Crippen molar-refractivity contribution in [2.75, 3.05) is 23.9 Å². The molecule has 0 heterocycles. The van der Waals surface area contributed by atoms with Crippen molar-refractivity contribution >= 4 is 32.7 Å². The maximum Gasteiger partial charge on any atom is 0.149 e. The molecule has 0 amide bonds. The molecule has 0 aliphatic heterocycles. The lowest BCUT2D eigenvalue weighted by Gasteiger charge is -2.11. The molecule has 0 saturated heterocycles. The van der Waals surface area contributed by atoms with Gasteiger partial charge >= 0.3 is 0 Å². The van der Waals surface area contributed by atoms with Crippen molar-refractivity contribution < 1.29 is 8.42 Å². The molecule has 0 bridgehead atoms. The van der Waals surface area contributed by atoms with Crippen LogP contribution in [0.4, 0.5) is 5.69 Å². The molecule has 0 atom stereocenters. The van der Waals surface area contributed by atoms with Crippen LogP contribution in [-0.4, -0.2) is 32.0 Å². The van der Waals surface area contributed by atoms with Crippen LogP contribution in [0.2, 0.25) is 0 Å². The molecule has 0 fully saturated rings. The number of sulfone groups is 1. The summed E-state index contributed by atoms with van der Waals surface area (Å²) in [5.74, 6) is 0.0810. The smallest absolute Gasteiger partial charge is 0.149 e. The molecule has 0 radical (unpaired) electrons. The van der Waals surface area contributed by atoms with Crippen LogP contribution in [0.3, 0.4) is 0 Å². The molecule has 3 N–H and O–H groups in total. The molecule has 6 heteroatoms. The van der Waals surface area contributed by atoms with Crippen LogP contribution >= 0.6 is 12.2 Å². The minimum absolute atomic E-state index is 0.0810. The average molecular weight is 272 g/mol. The summed E-state index contributed by atoms with van der Waals surface area (Å²) < 4.78 is 22.0. The van der Waals surface area contributed by atoms with Crippen LogP contribution < -0.4 is 11.1 Å². The van der Waals surface area contributed by atoms with Crippen molar-refractivity contribution in [2.45, 2.75) is 6.92 Å². The number of thiocarbonyl (C=S) groups is 1. The number of nitrogens with two attached hydrogens (primary N) is 1. The zero-order valence-electron chi connectivity index (χ0n) is 9.86. The Bertz CT molecular complexity index is 524. The van der Waals surface area contributed by atoms with Crippen molar-refractivity contribution in [1.82, 2.24) is 0 Å². The Labute approximate surface area is 107 Å². The summed E-state index contributed by atoms with van der Waals surface area (Å²) in [7, 11) is -2.96. The third-order valence-corrected chi connectivity index (χ3v) is 3.39. The second-order valence-corrected chi connectivity index (χ2v) is 6.67. The molecule has 1 rings (SSSR count). The maximum absolute atomic E-state index is 11.0. The number of benzene rings is 1. The zero-order valence-corrected chi connectivity index (χ0v) is 11.5. The first-order valence-corrected chi connectivity index (χ1v) is 7.58. The van der Waals surface area contributed by atoms with E-state index in [0.717, 1.165) is 16.8 Å². The lowest BCUT2D eigenvalue weighted by atomic mass is 10.1. The fourth-order valence-electron chi connectivity index (χ4n) is 1.39. The molecule has 1 aromatic carbocycles. The highest BCUT2D eigenvalue weighted by atomic mass is 32.2. The van der Waals surface area contributed by atoms with Gasteiger partial charge in [0.1, 0.15) is 14.8 Å². The van der Waals surface area contributed by atoms with Gasteiger partial charge in [-0.05, 0) is 19.1 Å². The van der Waals surface area contributed by atoms with Crippen LogP contribution in [0.25, 0.3) is 0 Å². The van der Waals surface area contributed by atoms with E-state index in [1.165, 1.54) is 6.26 Å². The number of hydrogen-bond donors (Lipinski definition) is 2. The largest absolute Gasteiger partial charge is 0.389 e. The van der Waals surface area contributed by atoms with Gasteiger partial charge in [0, 0.05) is 24.1 Å². The summed E-state index contributed by atoms with van der Waals surface area (Å²) >= 11 is 4.95. The predicted molar refractivity (Wildman–Crippen MR) is 75.3 cm³/mol. The minimum atomic E-state index is -2.96. The fraction of sp³-hybridized carbons (Fsp3) is 0.364. The number of nitrogens with one attached hydrogen (secondary N) is 1. The van der Waals surface area contributed by atoms with E-state index < -0.39 is 9.84 Å². The monoisotopic (exact) mass is 272 g/mol. The summed E-state index contributed by atoms with van der Waals surface area (Å²) in [6.07, 6.45) is 1.21. The molecular weight excluding hydrogens is 256 g/mol. The van der Waals surface area contributed by atoms with Gasteiger partial charge in [-0.2, -0.15) is 0 Å². The molecule has 0 saturated carbocycles. The second-order valence-electron chi connectivity index (χ2n) is 3.97. The first-order valence-electron chi connectivity index (χ1n) is 5.11. The van der Waals surface area contributed by atoms with Crippen LogP contribution in [0.1, 0.15) is 11.1 Å². The number of rotatable bonds is 5. The zero-order chi connectivity index (χ0) is 13.1. The Morgan fingerprint density at radius 1 is 1.47 bits per heavy atom. The third-order valence-electron chi connectivity index (χ3n) is 2.23. The summed E-state index contributed by atoms with van der Waals surface area (Å²) in [6.45, 7) is 2.29. The van der Waals surface area contributed by atoms with Gasteiger partial charge in [-0.25, -0.2) is 8.42 Å². The molecule has 1 aromatic rings. The minimum Gasteiger partial charge on any atom is -0.389 e. The molecule has 0 spiro atoms. The third kappa shape index (κ3) is 4.70. The predicted octanol–water partition coefficient (Wildman–Crippen LogP) is 1.09. The molecule has 0 unspecified atom stereocenters. The molecule has 17 heavy (non-hydrogen) atoms. The fourth-order valence-corrected chi connectivity index (χ4v) is 2.03. The quantitative estimate of drug-likeness (QED) is 0.785. The first kappa shape index (κ1) is 13.9. The molecular formula is C11H16N2O2S2. The van der Waals surface area contributed by atoms with Crippen molar-refractivity contribution in [2.24, 2.45) is 5.73 Å². The standard InChI is InChI=1S/C11H16N2O2S2/c1-8-3-4-10(9(7-8)11(12)16)13-5-6-17(2,14)15/h3-4,7,13H,5-6H2,1-2H3,(H2,12,16). The molecule has 0 aliphatic carbocycles. The summed E-state index contributed by atoms with van der Waals surface area (Å²) in [4.78, 5) is 0.301. The van der Waals surface area contributed by atoms with Crippen LogP contribution in [-0.2, 0) is 9.84 Å². The Kier molecular flexibility index (Phi) is 4.47. The van der Waals surface area contributed by atoms with Crippen LogP contribution in [0.5, 0.6) is 0 Å². The van der Waals surface area contributed by atoms with Gasteiger partial charge in [-0.1, -0.05) is 23.8 Å². The summed E-state index contributed by atoms with van der Waals surface area (Å²) in [5, 5.41) is 3.03. The molecule has 4 nitrogen and oxygen atoms in total. The molecule has 0 aromatic heterocycles. The average Bonchev–Trinajstić information content (AvgIpc) is 2.18. The van der Waals surface area contributed by atoms with Gasteiger partial charge in [0.25, 0.3) is 0 Å². The number of aryl methyl sites for hydroxylation is 1. The highest BCUT2D eigenvalue weighted by molar-refractivity contribution is 7.90.